The van der Waals surface area contributed by atoms with Crippen molar-refractivity contribution in [1.82, 2.24) is 5.32 Å². The summed E-state index contributed by atoms with van der Waals surface area (Å²) in [6.45, 7) is -1.31. The maximum Gasteiger partial charge on any atom is 0.472 e. The van der Waals surface area contributed by atoms with Crippen molar-refractivity contribution in [2.75, 3.05) is 19.8 Å². The minimum atomic E-state index is -5.49. The van der Waals surface area contributed by atoms with E-state index in [9.17, 15) is 59.6 Å². The van der Waals surface area contributed by atoms with Crippen molar-refractivity contribution in [3.05, 3.63) is 0 Å². The number of nitrogens with one attached hydrogen (secondary N) is 1. The molecule has 20 heteroatoms. The van der Waals surface area contributed by atoms with Crippen LogP contribution in [0.25, 0.3) is 0 Å². The number of rotatable bonds is 40. The van der Waals surface area contributed by atoms with Crippen LogP contribution in [0.15, 0.2) is 0 Å². The van der Waals surface area contributed by atoms with Gasteiger partial charge in [-0.2, -0.15) is 0 Å². The highest BCUT2D eigenvalue weighted by Crippen LogP contribution is 2.48. The number of carbonyl (C=O) groups is 3. The van der Waals surface area contributed by atoms with E-state index in [1.165, 1.54) is 96.3 Å². The first-order valence-corrected chi connectivity index (χ1v) is 27.6. The number of unbranched alkanes of at least 4 members (excludes halogenated alkanes) is 24. The summed E-state index contributed by atoms with van der Waals surface area (Å²) in [7, 11) is -5.49. The minimum absolute atomic E-state index is 0.000248. The lowest BCUT2D eigenvalue weighted by molar-refractivity contribution is -0.317. The number of esters is 2. The van der Waals surface area contributed by atoms with Gasteiger partial charge >= 0.3 is 19.8 Å². The number of phosphoric acid groups is 1. The normalized spacial score (nSPS) is 28.2. The first-order valence-electron chi connectivity index (χ1n) is 27.6. The van der Waals surface area contributed by atoms with Crippen LogP contribution in [0, 0.1) is 0 Å². The lowest BCUT2D eigenvalue weighted by Gasteiger charge is -2.48. The highest BCUT2D eigenvalue weighted by molar-refractivity contribution is 7.47. The zero-order valence-corrected chi connectivity index (χ0v) is 42.4. The Balaban J connectivity index is 2.07. The number of amides is 1. The van der Waals surface area contributed by atoms with E-state index in [0.29, 0.717) is 12.8 Å². The molecule has 0 aromatic heterocycles. The van der Waals surface area contributed by atoms with E-state index in [1.807, 2.05) is 5.32 Å². The van der Waals surface area contributed by atoms with Gasteiger partial charge in [-0.15, -0.1) is 0 Å². The second kappa shape index (κ2) is 37.0. The molecule has 19 nitrogen and oxygen atoms in total. The third-order valence-corrected chi connectivity index (χ3v) is 13.9. The smallest absolute Gasteiger partial charge is 0.462 e. The fraction of sp³-hybridized carbons (Fsp3) is 0.939. The predicted molar refractivity (Wildman–Crippen MR) is 256 cm³/mol. The molecule has 0 aromatic carbocycles. The summed E-state index contributed by atoms with van der Waals surface area (Å²) in [6, 6.07) is -1.97. The van der Waals surface area contributed by atoms with Gasteiger partial charge in [-0.05, 0) is 12.8 Å². The molecule has 0 bridgehead atoms. The van der Waals surface area contributed by atoms with Crippen molar-refractivity contribution in [3.63, 3.8) is 0 Å². The van der Waals surface area contributed by atoms with Crippen LogP contribution in [-0.4, -0.2) is 152 Å². The first-order chi connectivity index (χ1) is 34.3. The Kier molecular flexibility index (Phi) is 31.1. The number of carbonyl (C=O) groups excluding carboxylic acids is 3. The molecule has 9 N–H and O–H groups in total. The Morgan fingerprint density at radius 2 is 1.03 bits per heavy atom. The molecule has 1 amide bonds. The largest absolute Gasteiger partial charge is 0.472 e. The van der Waals surface area contributed by atoms with E-state index in [0.717, 1.165) is 57.8 Å². The summed E-state index contributed by atoms with van der Waals surface area (Å²) >= 11 is 0. The first kappa shape index (κ1) is 58.1. The molecule has 2 fully saturated rings. The molecule has 0 aromatic rings. The van der Waals surface area contributed by atoms with Crippen LogP contribution in [0.1, 0.15) is 205 Å². The highest BCUT2D eigenvalue weighted by Gasteiger charge is 2.55. The summed E-state index contributed by atoms with van der Waals surface area (Å²) < 4.78 is 68.2. The van der Waals surface area contributed by atoms with Gasteiger partial charge in [0.05, 0.1) is 13.2 Å². The monoisotopic (exact) mass is 1020 g/mol. The van der Waals surface area contributed by atoms with Crippen LogP contribution in [-0.2, 0) is 46.9 Å². The number of hydrogen-bond donors (Lipinski definition) is 9. The van der Waals surface area contributed by atoms with Crippen LogP contribution < -0.4 is 5.32 Å². The van der Waals surface area contributed by atoms with E-state index in [-0.39, 0.29) is 12.8 Å². The molecule has 1 saturated heterocycles. The van der Waals surface area contributed by atoms with Crippen LogP contribution in [0.4, 0.5) is 0 Å². The second-order valence-corrected chi connectivity index (χ2v) is 20.3. The SMILES string of the molecule is [3H]C([3H])([3H])C(=O)N[C@H]1[C@@H](O[C@@H]2[C@@H](O)[C@H](O)[C@@H](O)[C@@H](O)[C@H]2OP(=O)(O)OC[C@@H](COC(=O)CCCCCCCCCCCCCCC)OC(=O)CCCCCCCCCCCCCCC)O[C@H](CO)[C@@H](O)[C@@H]1O. The maximum atomic E-state index is 13.6. The number of ether oxygens (including phenoxy) is 4. The highest BCUT2D eigenvalue weighted by atomic mass is 31.2. The van der Waals surface area contributed by atoms with E-state index < -0.39 is 126 Å². The predicted octanol–water partition coefficient (Wildman–Crippen LogP) is 5.69. The number of phosphoric ester groups is 1. The molecule has 1 heterocycles. The maximum absolute atomic E-state index is 13.6. The molecule has 406 valence electrons. The molecule has 2 aliphatic rings. The van der Waals surface area contributed by atoms with E-state index in [4.69, 9.17) is 32.1 Å². The van der Waals surface area contributed by atoms with E-state index >= 15 is 0 Å². The topological polar surface area (TPSA) is 298 Å². The zero-order valence-electron chi connectivity index (χ0n) is 44.5. The van der Waals surface area contributed by atoms with Gasteiger partial charge < -0.3 is 64.9 Å². The van der Waals surface area contributed by atoms with Gasteiger partial charge in [0.25, 0.3) is 0 Å². The van der Waals surface area contributed by atoms with Crippen molar-refractivity contribution in [1.29, 1.82) is 0 Å². The van der Waals surface area contributed by atoms with Crippen molar-refractivity contribution in [3.8, 4) is 0 Å². The van der Waals surface area contributed by atoms with Gasteiger partial charge in [-0.25, -0.2) is 4.57 Å². The Hall–Kier alpha value is -1.84. The van der Waals surface area contributed by atoms with Crippen molar-refractivity contribution in [2.24, 2.45) is 0 Å². The van der Waals surface area contributed by atoms with Gasteiger partial charge in [-0.1, -0.05) is 168 Å². The zero-order chi connectivity index (χ0) is 53.5. The standard InChI is InChI=1S/C49H92NO18P/c1-4-6-8-10-12-14-16-18-20-22-24-26-28-30-38(53)63-33-36(65-39(54)31-29-27-25-23-21-19-17-15-13-11-9-7-5-2)34-64-69(61,62)68-48-46(60)44(58)43(57)45(59)47(48)67-49-40(50-35(3)52)42(56)41(55)37(32-51)66-49/h36-37,40-49,51,55-60H,4-34H2,1-3H3,(H,50,52)(H,61,62)/t36-,37-,40-,41-,42-,43-,44-,45+,46-,47-,48-,49-/m1/s1/i3T3. The van der Waals surface area contributed by atoms with Gasteiger partial charge in [0.2, 0.25) is 5.91 Å². The molecule has 1 saturated carbocycles. The summed E-state index contributed by atoms with van der Waals surface area (Å²) in [5, 5.41) is 76.2. The van der Waals surface area contributed by atoms with Crippen molar-refractivity contribution >= 4 is 25.7 Å². The lowest BCUT2D eigenvalue weighted by atomic mass is 9.84. The van der Waals surface area contributed by atoms with Crippen LogP contribution >= 0.6 is 7.82 Å². The number of aliphatic hydroxyl groups excluding tert-OH is 7. The fourth-order valence-corrected chi connectivity index (χ4v) is 9.64. The third kappa shape index (κ3) is 26.1. The lowest BCUT2D eigenvalue weighted by Crippen LogP contribution is -2.69. The third-order valence-electron chi connectivity index (χ3n) is 12.9. The summed E-state index contributed by atoms with van der Waals surface area (Å²) in [4.78, 5) is 49.2. The summed E-state index contributed by atoms with van der Waals surface area (Å²) in [5.74, 6) is -2.93. The van der Waals surface area contributed by atoms with Crippen LogP contribution in [0.2, 0.25) is 0 Å². The van der Waals surface area contributed by atoms with Crippen molar-refractivity contribution < 1.29 is 91.7 Å². The van der Waals surface area contributed by atoms with Gasteiger partial charge in [0.15, 0.2) is 12.4 Å². The van der Waals surface area contributed by atoms with Crippen LogP contribution in [0.5, 0.6) is 0 Å². The second-order valence-electron chi connectivity index (χ2n) is 18.9. The average Bonchev–Trinajstić information content (AvgIpc) is 3.34. The fourth-order valence-electron chi connectivity index (χ4n) is 8.67. The van der Waals surface area contributed by atoms with Gasteiger partial charge in [0.1, 0.15) is 67.6 Å². The van der Waals surface area contributed by atoms with Crippen molar-refractivity contribution in [2.45, 2.75) is 274 Å². The molecule has 0 radical (unpaired) electrons. The molecule has 0 spiro atoms. The molecule has 13 atom stereocenters. The molecular formula is C49H92NO18P. The number of hydrogen-bond acceptors (Lipinski definition) is 17. The molecule has 1 aliphatic carbocycles. The molecular weight excluding hydrogens is 922 g/mol. The minimum Gasteiger partial charge on any atom is -0.462 e. The summed E-state index contributed by atoms with van der Waals surface area (Å²) in [5.41, 5.74) is 0. The van der Waals surface area contributed by atoms with Gasteiger partial charge in [-0.3, -0.25) is 23.4 Å². The molecule has 2 rings (SSSR count). The molecule has 1 unspecified atom stereocenters. The Bertz CT molecular complexity index is 1520. The number of aliphatic hydroxyl groups is 7. The Morgan fingerprint density at radius 1 is 0.594 bits per heavy atom. The Morgan fingerprint density at radius 3 is 1.48 bits per heavy atom. The van der Waals surface area contributed by atoms with E-state index in [2.05, 4.69) is 13.8 Å². The summed E-state index contributed by atoms with van der Waals surface area (Å²) in [6.07, 6.45) is 6.11. The van der Waals surface area contributed by atoms with Crippen LogP contribution in [0.3, 0.4) is 0 Å². The van der Waals surface area contributed by atoms with E-state index in [1.54, 1.807) is 0 Å². The Labute approximate surface area is 415 Å². The van der Waals surface area contributed by atoms with Gasteiger partial charge in [0, 0.05) is 23.8 Å². The average molecular weight is 1020 g/mol. The molecule has 1 aliphatic heterocycles. The quantitative estimate of drug-likeness (QED) is 0.0202. The molecule has 69 heavy (non-hydrogen) atoms.